The van der Waals surface area contributed by atoms with Gasteiger partial charge in [0, 0.05) is 5.69 Å². The Labute approximate surface area is 113 Å². The SMILES string of the molecule is CCCC1(O)CN(c2nc3c(cc2C#N)CCC3)C1. The minimum Gasteiger partial charge on any atom is -0.386 e. The summed E-state index contributed by atoms with van der Waals surface area (Å²) in [5.41, 5.74) is 2.44. The monoisotopic (exact) mass is 257 g/mol. The van der Waals surface area contributed by atoms with Crippen LogP contribution in [0, 0.1) is 11.3 Å². The minimum absolute atomic E-state index is 0.581. The fourth-order valence-electron chi connectivity index (χ4n) is 3.22. The second-order valence-electron chi connectivity index (χ2n) is 5.76. The topological polar surface area (TPSA) is 60.1 Å². The van der Waals surface area contributed by atoms with Gasteiger partial charge in [0.15, 0.2) is 0 Å². The lowest BCUT2D eigenvalue weighted by Crippen LogP contribution is -2.62. The molecule has 0 atom stereocenters. The van der Waals surface area contributed by atoms with Crippen LogP contribution in [0.15, 0.2) is 6.07 Å². The van der Waals surface area contributed by atoms with Crippen LogP contribution in [0.5, 0.6) is 0 Å². The smallest absolute Gasteiger partial charge is 0.147 e. The summed E-state index contributed by atoms with van der Waals surface area (Å²) in [6.45, 7) is 3.28. The molecule has 4 heteroatoms. The lowest BCUT2D eigenvalue weighted by Gasteiger charge is -2.47. The summed E-state index contributed by atoms with van der Waals surface area (Å²) in [4.78, 5) is 6.70. The first-order chi connectivity index (χ1) is 9.15. The predicted molar refractivity (Wildman–Crippen MR) is 73.0 cm³/mol. The molecule has 0 bridgehead atoms. The molecule has 1 fully saturated rings. The highest BCUT2D eigenvalue weighted by Gasteiger charge is 2.41. The van der Waals surface area contributed by atoms with Gasteiger partial charge in [-0.05, 0) is 37.3 Å². The first-order valence-electron chi connectivity index (χ1n) is 7.05. The molecule has 1 N–H and O–H groups in total. The number of hydrogen-bond donors (Lipinski definition) is 1. The Morgan fingerprint density at radius 2 is 2.26 bits per heavy atom. The summed E-state index contributed by atoms with van der Waals surface area (Å²) in [5.74, 6) is 0.768. The number of aliphatic hydroxyl groups is 1. The third-order valence-corrected chi connectivity index (χ3v) is 4.14. The maximum Gasteiger partial charge on any atom is 0.147 e. The summed E-state index contributed by atoms with van der Waals surface area (Å²) in [5, 5.41) is 19.5. The summed E-state index contributed by atoms with van der Waals surface area (Å²) < 4.78 is 0. The number of pyridine rings is 1. The van der Waals surface area contributed by atoms with E-state index in [1.54, 1.807) is 0 Å². The van der Waals surface area contributed by atoms with Gasteiger partial charge >= 0.3 is 0 Å². The highest BCUT2D eigenvalue weighted by molar-refractivity contribution is 5.59. The lowest BCUT2D eigenvalue weighted by atomic mass is 9.89. The van der Waals surface area contributed by atoms with Crippen LogP contribution in [0.3, 0.4) is 0 Å². The number of nitriles is 1. The first-order valence-corrected chi connectivity index (χ1v) is 7.05. The highest BCUT2D eigenvalue weighted by atomic mass is 16.3. The van der Waals surface area contributed by atoms with Gasteiger partial charge in [-0.25, -0.2) is 4.98 Å². The van der Waals surface area contributed by atoms with Crippen molar-refractivity contribution in [3.05, 3.63) is 22.9 Å². The van der Waals surface area contributed by atoms with E-state index in [9.17, 15) is 10.4 Å². The van der Waals surface area contributed by atoms with Crippen molar-refractivity contribution in [1.82, 2.24) is 4.98 Å². The van der Waals surface area contributed by atoms with Gasteiger partial charge < -0.3 is 10.0 Å². The maximum absolute atomic E-state index is 10.2. The molecule has 4 nitrogen and oxygen atoms in total. The van der Waals surface area contributed by atoms with E-state index in [4.69, 9.17) is 0 Å². The van der Waals surface area contributed by atoms with Gasteiger partial charge in [0.05, 0.1) is 24.3 Å². The highest BCUT2D eigenvalue weighted by Crippen LogP contribution is 2.34. The Morgan fingerprint density at radius 1 is 1.47 bits per heavy atom. The van der Waals surface area contributed by atoms with Gasteiger partial charge in [0.1, 0.15) is 11.9 Å². The average molecular weight is 257 g/mol. The molecule has 3 rings (SSSR count). The molecule has 0 radical (unpaired) electrons. The molecule has 1 aliphatic heterocycles. The zero-order valence-corrected chi connectivity index (χ0v) is 11.3. The zero-order chi connectivity index (χ0) is 13.5. The van der Waals surface area contributed by atoms with E-state index >= 15 is 0 Å². The van der Waals surface area contributed by atoms with Gasteiger partial charge in [0.2, 0.25) is 0 Å². The molecule has 1 aromatic rings. The Bertz CT molecular complexity index is 541. The van der Waals surface area contributed by atoms with Crippen molar-refractivity contribution in [3.8, 4) is 6.07 Å². The molecule has 0 amide bonds. The second kappa shape index (κ2) is 4.50. The van der Waals surface area contributed by atoms with Crippen LogP contribution >= 0.6 is 0 Å². The van der Waals surface area contributed by atoms with Crippen LogP contribution in [-0.4, -0.2) is 28.8 Å². The first kappa shape index (κ1) is 12.4. The number of anilines is 1. The molecule has 0 unspecified atom stereocenters. The Balaban J connectivity index is 1.85. The van der Waals surface area contributed by atoms with Gasteiger partial charge in [-0.3, -0.25) is 0 Å². The maximum atomic E-state index is 10.2. The van der Waals surface area contributed by atoms with Crippen molar-refractivity contribution in [2.75, 3.05) is 18.0 Å². The van der Waals surface area contributed by atoms with E-state index in [0.29, 0.717) is 18.7 Å². The Kier molecular flexibility index (Phi) is 2.94. The Hall–Kier alpha value is -1.60. The third kappa shape index (κ3) is 2.08. The molecule has 2 aliphatic rings. The van der Waals surface area contributed by atoms with Crippen LogP contribution in [0.1, 0.15) is 43.0 Å². The molecule has 0 spiro atoms. The second-order valence-corrected chi connectivity index (χ2v) is 5.76. The predicted octanol–water partition coefficient (Wildman–Crippen LogP) is 1.79. The van der Waals surface area contributed by atoms with Crippen LogP contribution in [0.25, 0.3) is 0 Å². The van der Waals surface area contributed by atoms with E-state index in [2.05, 4.69) is 18.0 Å². The molecular weight excluding hydrogens is 238 g/mol. The fourth-order valence-corrected chi connectivity index (χ4v) is 3.22. The number of aromatic nitrogens is 1. The summed E-state index contributed by atoms with van der Waals surface area (Å²) >= 11 is 0. The van der Waals surface area contributed by atoms with Crippen LogP contribution in [0.4, 0.5) is 5.82 Å². The normalized spacial score (nSPS) is 19.7. The molecule has 0 saturated carbocycles. The standard InChI is InChI=1S/C15H19N3O/c1-2-6-15(19)9-18(10-15)14-12(8-16)7-11-4-3-5-13(11)17-14/h7,19H,2-6,9-10H2,1H3. The van der Waals surface area contributed by atoms with Crippen LogP contribution in [-0.2, 0) is 12.8 Å². The van der Waals surface area contributed by atoms with Crippen molar-refractivity contribution in [2.45, 2.75) is 44.6 Å². The Morgan fingerprint density at radius 3 is 2.95 bits per heavy atom. The number of fused-ring (bicyclic) bond motifs is 1. The summed E-state index contributed by atoms with van der Waals surface area (Å²) in [6.07, 6.45) is 4.98. The van der Waals surface area contributed by atoms with Gasteiger partial charge in [-0.15, -0.1) is 0 Å². The summed E-state index contributed by atoms with van der Waals surface area (Å²) in [6, 6.07) is 4.24. The molecule has 1 aliphatic carbocycles. The number of rotatable bonds is 3. The molecule has 1 saturated heterocycles. The molecular formula is C15H19N3O. The molecule has 19 heavy (non-hydrogen) atoms. The number of nitrogens with zero attached hydrogens (tertiary/aromatic N) is 3. The third-order valence-electron chi connectivity index (χ3n) is 4.14. The van der Waals surface area contributed by atoms with E-state index in [1.807, 2.05) is 11.0 Å². The molecule has 100 valence electrons. The number of aryl methyl sites for hydroxylation is 2. The number of hydrogen-bond acceptors (Lipinski definition) is 4. The van der Waals surface area contributed by atoms with Crippen molar-refractivity contribution in [2.24, 2.45) is 0 Å². The van der Waals surface area contributed by atoms with Gasteiger partial charge in [-0.1, -0.05) is 13.3 Å². The van der Waals surface area contributed by atoms with Crippen molar-refractivity contribution < 1.29 is 5.11 Å². The van der Waals surface area contributed by atoms with Crippen molar-refractivity contribution >= 4 is 5.82 Å². The van der Waals surface area contributed by atoms with E-state index in [1.165, 1.54) is 5.56 Å². The quantitative estimate of drug-likeness (QED) is 0.897. The summed E-state index contributed by atoms with van der Waals surface area (Å²) in [7, 11) is 0. The van der Waals surface area contributed by atoms with E-state index < -0.39 is 5.60 Å². The van der Waals surface area contributed by atoms with Crippen LogP contribution in [0.2, 0.25) is 0 Å². The molecule has 0 aromatic carbocycles. The molecule has 1 aromatic heterocycles. The number of β-amino-alcohol motifs (C(OH)–C–C–N with tert-alkyl or cyclic N) is 1. The average Bonchev–Trinajstić information content (AvgIpc) is 2.81. The van der Waals surface area contributed by atoms with Crippen molar-refractivity contribution in [1.29, 1.82) is 5.26 Å². The van der Waals surface area contributed by atoms with Crippen molar-refractivity contribution in [3.63, 3.8) is 0 Å². The van der Waals surface area contributed by atoms with Gasteiger partial charge in [0.25, 0.3) is 0 Å². The lowest BCUT2D eigenvalue weighted by molar-refractivity contribution is 0.00290. The fraction of sp³-hybridized carbons (Fsp3) is 0.600. The van der Waals surface area contributed by atoms with Gasteiger partial charge in [-0.2, -0.15) is 5.26 Å². The van der Waals surface area contributed by atoms with E-state index in [0.717, 1.165) is 43.6 Å². The van der Waals surface area contributed by atoms with Crippen LogP contribution < -0.4 is 4.90 Å². The molecule has 2 heterocycles. The largest absolute Gasteiger partial charge is 0.386 e. The van der Waals surface area contributed by atoms with E-state index in [-0.39, 0.29) is 0 Å². The minimum atomic E-state index is -0.581. The zero-order valence-electron chi connectivity index (χ0n) is 11.3.